The van der Waals surface area contributed by atoms with E-state index < -0.39 is 0 Å². The van der Waals surface area contributed by atoms with Gasteiger partial charge in [-0.1, -0.05) is 36.8 Å². The van der Waals surface area contributed by atoms with Crippen molar-refractivity contribution in [1.29, 1.82) is 0 Å². The highest BCUT2D eigenvalue weighted by Gasteiger charge is 2.19. The van der Waals surface area contributed by atoms with Crippen molar-refractivity contribution in [1.82, 2.24) is 15.5 Å². The molecule has 1 fully saturated rings. The number of hydrogen-bond acceptors (Lipinski definition) is 2. The largest absolute Gasteiger partial charge is 0.357 e. The lowest BCUT2D eigenvalue weighted by Crippen LogP contribution is -2.39. The summed E-state index contributed by atoms with van der Waals surface area (Å²) >= 11 is 0. The third-order valence-electron chi connectivity index (χ3n) is 4.63. The summed E-state index contributed by atoms with van der Waals surface area (Å²) in [5.41, 5.74) is 2.76. The van der Waals surface area contributed by atoms with Gasteiger partial charge in [0.1, 0.15) is 0 Å². The van der Waals surface area contributed by atoms with E-state index in [9.17, 15) is 0 Å². The molecule has 2 rings (SSSR count). The molecule has 1 aromatic rings. The molecule has 0 radical (unpaired) electrons. The predicted molar refractivity (Wildman–Crippen MR) is 103 cm³/mol. The van der Waals surface area contributed by atoms with E-state index >= 15 is 0 Å². The zero-order chi connectivity index (χ0) is 17.2. The molecule has 4 nitrogen and oxygen atoms in total. The maximum atomic E-state index is 4.77. The van der Waals surface area contributed by atoms with E-state index in [0.717, 1.165) is 44.5 Å². The van der Waals surface area contributed by atoms with E-state index in [4.69, 9.17) is 4.99 Å². The van der Waals surface area contributed by atoms with Crippen LogP contribution >= 0.6 is 0 Å². The number of aryl methyl sites for hydroxylation is 1. The van der Waals surface area contributed by atoms with Crippen LogP contribution in [0.15, 0.2) is 29.3 Å². The molecule has 0 unspecified atom stereocenters. The van der Waals surface area contributed by atoms with E-state index in [1.807, 2.05) is 0 Å². The van der Waals surface area contributed by atoms with Crippen molar-refractivity contribution >= 4 is 5.96 Å². The smallest absolute Gasteiger partial charge is 0.191 e. The Bertz CT molecular complexity index is 487. The topological polar surface area (TPSA) is 39.7 Å². The fourth-order valence-corrected chi connectivity index (χ4v) is 3.08. The average Bonchev–Trinajstić information content (AvgIpc) is 2.60. The number of nitrogens with one attached hydrogen (secondary N) is 2. The van der Waals surface area contributed by atoms with Gasteiger partial charge in [0.05, 0.1) is 0 Å². The van der Waals surface area contributed by atoms with E-state index in [1.165, 1.54) is 37.1 Å². The van der Waals surface area contributed by atoms with Crippen LogP contribution < -0.4 is 10.6 Å². The SMILES string of the molecule is CCCNC(=NCC1CCN(Cc2ccc(C)cc2)CC1)NCC. The molecule has 0 aliphatic carbocycles. The third-order valence-corrected chi connectivity index (χ3v) is 4.63. The number of likely N-dealkylation sites (tertiary alicyclic amines) is 1. The van der Waals surface area contributed by atoms with Gasteiger partial charge in [-0.05, 0) is 57.7 Å². The first-order valence-electron chi connectivity index (χ1n) is 9.51. The standard InChI is InChI=1S/C20H34N4/c1-4-12-22-20(21-5-2)23-15-18-10-13-24(14-11-18)16-19-8-6-17(3)7-9-19/h6-9,18H,4-5,10-16H2,1-3H3,(H2,21,22,23). The Hall–Kier alpha value is -1.55. The quantitative estimate of drug-likeness (QED) is 0.596. The van der Waals surface area contributed by atoms with Crippen molar-refractivity contribution in [3.8, 4) is 0 Å². The van der Waals surface area contributed by atoms with Gasteiger partial charge in [0, 0.05) is 26.2 Å². The lowest BCUT2D eigenvalue weighted by Gasteiger charge is -2.31. The van der Waals surface area contributed by atoms with E-state index in [1.54, 1.807) is 0 Å². The molecule has 1 saturated heterocycles. The lowest BCUT2D eigenvalue weighted by molar-refractivity contribution is 0.180. The number of nitrogens with zero attached hydrogens (tertiary/aromatic N) is 2. The molecule has 1 aliphatic rings. The average molecular weight is 331 g/mol. The zero-order valence-corrected chi connectivity index (χ0v) is 15.6. The minimum absolute atomic E-state index is 0.719. The van der Waals surface area contributed by atoms with Gasteiger partial charge in [-0.2, -0.15) is 0 Å². The molecular weight excluding hydrogens is 296 g/mol. The number of guanidine groups is 1. The van der Waals surface area contributed by atoms with Crippen molar-refractivity contribution in [3.63, 3.8) is 0 Å². The third kappa shape index (κ3) is 6.52. The Balaban J connectivity index is 1.74. The fraction of sp³-hybridized carbons (Fsp3) is 0.650. The molecule has 0 spiro atoms. The Morgan fingerprint density at radius 1 is 1.12 bits per heavy atom. The van der Waals surface area contributed by atoms with Crippen LogP contribution in [-0.4, -0.2) is 43.6 Å². The van der Waals surface area contributed by atoms with Gasteiger partial charge in [-0.25, -0.2) is 0 Å². The second-order valence-electron chi connectivity index (χ2n) is 6.85. The van der Waals surface area contributed by atoms with Gasteiger partial charge in [0.2, 0.25) is 0 Å². The summed E-state index contributed by atoms with van der Waals surface area (Å²) in [6.45, 7) is 12.7. The number of benzene rings is 1. The number of aliphatic imine (C=N–C) groups is 1. The second-order valence-corrected chi connectivity index (χ2v) is 6.85. The van der Waals surface area contributed by atoms with Crippen LogP contribution in [0.3, 0.4) is 0 Å². The summed E-state index contributed by atoms with van der Waals surface area (Å²) < 4.78 is 0. The summed E-state index contributed by atoms with van der Waals surface area (Å²) in [7, 11) is 0. The highest BCUT2D eigenvalue weighted by atomic mass is 15.2. The van der Waals surface area contributed by atoms with Crippen molar-refractivity contribution in [2.75, 3.05) is 32.7 Å². The molecule has 0 aromatic heterocycles. The van der Waals surface area contributed by atoms with Gasteiger partial charge in [-0.15, -0.1) is 0 Å². The van der Waals surface area contributed by atoms with Gasteiger partial charge in [0.25, 0.3) is 0 Å². The summed E-state index contributed by atoms with van der Waals surface area (Å²) in [4.78, 5) is 7.34. The van der Waals surface area contributed by atoms with Crippen molar-refractivity contribution in [2.45, 2.75) is 46.6 Å². The monoisotopic (exact) mass is 330 g/mol. The summed E-state index contributed by atoms with van der Waals surface area (Å²) in [6.07, 6.45) is 3.63. The molecule has 24 heavy (non-hydrogen) atoms. The van der Waals surface area contributed by atoms with E-state index in [2.05, 4.69) is 60.6 Å². The Morgan fingerprint density at radius 3 is 2.46 bits per heavy atom. The number of piperidine rings is 1. The van der Waals surface area contributed by atoms with Crippen molar-refractivity contribution < 1.29 is 0 Å². The predicted octanol–water partition coefficient (Wildman–Crippen LogP) is 3.17. The maximum absolute atomic E-state index is 4.77. The molecule has 0 amide bonds. The molecule has 1 aliphatic heterocycles. The molecule has 2 N–H and O–H groups in total. The zero-order valence-electron chi connectivity index (χ0n) is 15.6. The fourth-order valence-electron chi connectivity index (χ4n) is 3.08. The minimum Gasteiger partial charge on any atom is -0.357 e. The Morgan fingerprint density at radius 2 is 1.83 bits per heavy atom. The van der Waals surface area contributed by atoms with Crippen LogP contribution in [0.5, 0.6) is 0 Å². The van der Waals surface area contributed by atoms with E-state index in [0.29, 0.717) is 0 Å². The maximum Gasteiger partial charge on any atom is 0.191 e. The Labute approximate surface area is 147 Å². The highest BCUT2D eigenvalue weighted by Crippen LogP contribution is 2.19. The van der Waals surface area contributed by atoms with Crippen molar-refractivity contribution in [3.05, 3.63) is 35.4 Å². The summed E-state index contributed by atoms with van der Waals surface area (Å²) in [5.74, 6) is 1.69. The lowest BCUT2D eigenvalue weighted by atomic mass is 9.96. The molecule has 0 atom stereocenters. The van der Waals surface area contributed by atoms with Crippen molar-refractivity contribution in [2.24, 2.45) is 10.9 Å². The Kier molecular flexibility index (Phi) is 8.10. The normalized spacial score (nSPS) is 17.0. The van der Waals surface area contributed by atoms with Gasteiger partial charge < -0.3 is 10.6 Å². The van der Waals surface area contributed by atoms with Crippen LogP contribution in [-0.2, 0) is 6.54 Å². The number of rotatable bonds is 7. The molecule has 134 valence electrons. The number of hydrogen-bond donors (Lipinski definition) is 2. The van der Waals surface area contributed by atoms with Gasteiger partial charge in [-0.3, -0.25) is 9.89 Å². The van der Waals surface area contributed by atoms with Gasteiger partial charge in [0.15, 0.2) is 5.96 Å². The molecule has 4 heteroatoms. The second kappa shape index (κ2) is 10.3. The van der Waals surface area contributed by atoms with E-state index in [-0.39, 0.29) is 0 Å². The molecule has 1 aromatic carbocycles. The van der Waals surface area contributed by atoms with Crippen LogP contribution in [0.2, 0.25) is 0 Å². The highest BCUT2D eigenvalue weighted by molar-refractivity contribution is 5.79. The first-order chi connectivity index (χ1) is 11.7. The van der Waals surface area contributed by atoms with Crippen LogP contribution in [0.1, 0.15) is 44.2 Å². The van der Waals surface area contributed by atoms with Crippen LogP contribution in [0.25, 0.3) is 0 Å². The first-order valence-corrected chi connectivity index (χ1v) is 9.51. The molecular formula is C20H34N4. The first kappa shape index (κ1) is 18.8. The van der Waals surface area contributed by atoms with Gasteiger partial charge >= 0.3 is 0 Å². The van der Waals surface area contributed by atoms with Crippen LogP contribution in [0, 0.1) is 12.8 Å². The molecule has 0 saturated carbocycles. The molecule has 1 heterocycles. The van der Waals surface area contributed by atoms with Crippen LogP contribution in [0.4, 0.5) is 0 Å². The summed E-state index contributed by atoms with van der Waals surface area (Å²) in [6, 6.07) is 8.94. The summed E-state index contributed by atoms with van der Waals surface area (Å²) in [5, 5.41) is 6.72. The minimum atomic E-state index is 0.719. The molecule has 0 bridgehead atoms.